The molecule has 268 valence electrons. The molecule has 0 nitrogen and oxygen atoms in total. The van der Waals surface area contributed by atoms with E-state index in [0.717, 1.165) is 12.8 Å². The van der Waals surface area contributed by atoms with Crippen molar-refractivity contribution in [3.05, 3.63) is 121 Å². The van der Waals surface area contributed by atoms with Crippen molar-refractivity contribution < 1.29 is 77.2 Å². The van der Waals surface area contributed by atoms with E-state index in [2.05, 4.69) is 180 Å². The molecule has 0 aromatic heterocycles. The average molecular weight is 902 g/mol. The fraction of sp³-hybridized carbons (Fsp3) is 0.409. The van der Waals surface area contributed by atoms with Crippen molar-refractivity contribution in [3.8, 4) is 0 Å². The van der Waals surface area contributed by atoms with Crippen LogP contribution in [0.25, 0.3) is 21.5 Å². The van der Waals surface area contributed by atoms with Crippen LogP contribution in [0.5, 0.6) is 0 Å². The predicted molar refractivity (Wildman–Crippen MR) is 214 cm³/mol. The molecule has 2 aliphatic carbocycles. The largest absolute Gasteiger partial charge is 2.00 e. The van der Waals surface area contributed by atoms with E-state index in [1.165, 1.54) is 21.5 Å². The second-order valence-electron chi connectivity index (χ2n) is 16.0. The van der Waals surface area contributed by atoms with Gasteiger partial charge < -0.3 is 24.8 Å². The Kier molecular flexibility index (Phi) is 23.8. The van der Waals surface area contributed by atoms with Gasteiger partial charge in [0.2, 0.25) is 0 Å². The Morgan fingerprint density at radius 2 is 0.800 bits per heavy atom. The molecule has 4 aromatic carbocycles. The molecule has 0 unspecified atom stereocenters. The molecule has 0 aliphatic heterocycles. The summed E-state index contributed by atoms with van der Waals surface area (Å²) in [4.78, 5) is 0. The van der Waals surface area contributed by atoms with Gasteiger partial charge in [-0.15, -0.1) is 93.5 Å². The van der Waals surface area contributed by atoms with Crippen molar-refractivity contribution >= 4 is 48.0 Å². The first-order valence-electron chi connectivity index (χ1n) is 16.7. The van der Waals surface area contributed by atoms with E-state index < -0.39 is 0 Å². The van der Waals surface area contributed by atoms with E-state index in [1.54, 1.807) is 10.6 Å². The third kappa shape index (κ3) is 16.5. The van der Waals surface area contributed by atoms with E-state index in [0.29, 0.717) is 20.6 Å². The molecule has 0 fully saturated rings. The third-order valence-corrected chi connectivity index (χ3v) is 14.5. The van der Waals surface area contributed by atoms with Crippen molar-refractivity contribution in [2.75, 3.05) is 0 Å². The van der Waals surface area contributed by atoms with Gasteiger partial charge in [-0.2, -0.15) is 24.3 Å². The molecular formula is C44H58Cl2P2Zr2-2. The molecule has 0 bridgehead atoms. The fourth-order valence-electron chi connectivity index (χ4n) is 6.77. The van der Waals surface area contributed by atoms with E-state index in [9.17, 15) is 0 Å². The van der Waals surface area contributed by atoms with Gasteiger partial charge in [-0.3, -0.25) is 12.2 Å². The topological polar surface area (TPSA) is 0 Å². The zero-order valence-electron chi connectivity index (χ0n) is 32.5. The Bertz CT molecular complexity index is 1410. The summed E-state index contributed by atoms with van der Waals surface area (Å²) in [5.41, 5.74) is 0. The minimum atomic E-state index is -0.185. The molecule has 0 atom stereocenters. The molecule has 2 aliphatic rings. The third-order valence-electron chi connectivity index (χ3n) is 7.58. The molecule has 6 rings (SSSR count). The Morgan fingerprint density at radius 3 is 1.00 bits per heavy atom. The number of benzene rings is 2. The summed E-state index contributed by atoms with van der Waals surface area (Å²) in [6.45, 7) is 28.5. The molecular weight excluding hydrogens is 844 g/mol. The second-order valence-corrected chi connectivity index (χ2v) is 23.8. The Morgan fingerprint density at radius 1 is 0.500 bits per heavy atom. The maximum absolute atomic E-state index is 2.99. The minimum Gasteiger partial charge on any atom is -1.00 e. The van der Waals surface area contributed by atoms with Crippen LogP contribution >= 0.6 is 15.8 Å². The van der Waals surface area contributed by atoms with E-state index >= 15 is 0 Å². The monoisotopic (exact) mass is 898 g/mol. The van der Waals surface area contributed by atoms with Crippen LogP contribution < -0.4 is 35.4 Å². The van der Waals surface area contributed by atoms with Gasteiger partial charge in [0.1, 0.15) is 0 Å². The van der Waals surface area contributed by atoms with Crippen molar-refractivity contribution in [1.82, 2.24) is 0 Å². The van der Waals surface area contributed by atoms with Crippen LogP contribution in [-0.4, -0.2) is 20.6 Å². The molecule has 0 radical (unpaired) electrons. The van der Waals surface area contributed by atoms with Crippen molar-refractivity contribution in [2.24, 2.45) is 0 Å². The van der Waals surface area contributed by atoms with Crippen molar-refractivity contribution in [2.45, 2.75) is 117 Å². The minimum absolute atomic E-state index is 0. The van der Waals surface area contributed by atoms with E-state index in [4.69, 9.17) is 0 Å². The van der Waals surface area contributed by atoms with Crippen LogP contribution in [0, 0.1) is 12.2 Å². The summed E-state index contributed by atoms with van der Waals surface area (Å²) in [7, 11) is -0.369. The van der Waals surface area contributed by atoms with Crippen LogP contribution in [0.15, 0.2) is 109 Å². The fourth-order valence-corrected chi connectivity index (χ4v) is 15.0. The molecule has 6 heteroatoms. The molecule has 0 spiro atoms. The SMILES string of the molecule is CC(C)(C)P(c1cc2ccccc2[cH-]1)C(C)(C)C.CC(C)(C)P(c1cc2ccccc2[cH-]1)C(C)(C)C.[C-]1=CC=CC1.[C-]1=CC=CC1.[Cl-].[Cl-].[Zr+2].[Zr+2]. The Hall–Kier alpha value is -0.174. The first-order chi connectivity index (χ1) is 21.4. The van der Waals surface area contributed by atoms with Crippen molar-refractivity contribution in [3.63, 3.8) is 0 Å². The number of rotatable bonds is 2. The first-order valence-corrected chi connectivity index (χ1v) is 19.4. The quantitative estimate of drug-likeness (QED) is 0.149. The van der Waals surface area contributed by atoms with Gasteiger partial charge in [0.15, 0.2) is 0 Å². The molecule has 0 saturated heterocycles. The van der Waals surface area contributed by atoms with E-state index in [-0.39, 0.29) is 93.1 Å². The second kappa shape index (κ2) is 22.9. The van der Waals surface area contributed by atoms with Crippen LogP contribution in [-0.2, 0) is 52.4 Å². The molecule has 0 amide bonds. The van der Waals surface area contributed by atoms with Gasteiger partial charge in [-0.25, -0.2) is 24.3 Å². The summed E-state index contributed by atoms with van der Waals surface area (Å²) < 4.78 is 0. The van der Waals surface area contributed by atoms with Gasteiger partial charge in [0.25, 0.3) is 0 Å². The van der Waals surface area contributed by atoms with Crippen LogP contribution in [0.2, 0.25) is 0 Å². The Balaban J connectivity index is 0. The summed E-state index contributed by atoms with van der Waals surface area (Å²) in [6, 6.07) is 27.0. The van der Waals surface area contributed by atoms with Crippen molar-refractivity contribution in [1.29, 1.82) is 0 Å². The molecule has 0 saturated carbocycles. The summed E-state index contributed by atoms with van der Waals surface area (Å²) in [5, 5.41) is 10.0. The number of fused-ring (bicyclic) bond motifs is 2. The molecule has 50 heavy (non-hydrogen) atoms. The number of allylic oxidation sites excluding steroid dienone is 8. The summed E-state index contributed by atoms with van der Waals surface area (Å²) >= 11 is 0. The van der Waals surface area contributed by atoms with Gasteiger partial charge >= 0.3 is 52.4 Å². The number of halogens is 2. The van der Waals surface area contributed by atoms with Crippen LogP contribution in [0.4, 0.5) is 0 Å². The van der Waals surface area contributed by atoms with Gasteiger partial charge in [0.05, 0.1) is 0 Å². The zero-order chi connectivity index (χ0) is 34.2. The number of hydrogen-bond donors (Lipinski definition) is 0. The van der Waals surface area contributed by atoms with Gasteiger partial charge in [-0.1, -0.05) is 111 Å². The molecule has 0 heterocycles. The normalized spacial score (nSPS) is 13.2. The smallest absolute Gasteiger partial charge is 1.00 e. The first kappa shape index (κ1) is 51.9. The zero-order valence-corrected chi connectivity index (χ0v) is 40.7. The van der Waals surface area contributed by atoms with Gasteiger partial charge in [0, 0.05) is 0 Å². The average Bonchev–Trinajstić information content (AvgIpc) is 3.74. The molecule has 4 aromatic rings. The van der Waals surface area contributed by atoms with Gasteiger partial charge in [-0.05, 0) is 20.6 Å². The van der Waals surface area contributed by atoms with Crippen LogP contribution in [0.1, 0.15) is 95.9 Å². The summed E-state index contributed by atoms with van der Waals surface area (Å²) in [5.74, 6) is 0. The number of hydrogen-bond acceptors (Lipinski definition) is 0. The molecule has 0 N–H and O–H groups in total. The van der Waals surface area contributed by atoms with Crippen LogP contribution in [0.3, 0.4) is 0 Å². The summed E-state index contributed by atoms with van der Waals surface area (Å²) in [6.07, 6.45) is 20.0. The predicted octanol–water partition coefficient (Wildman–Crippen LogP) is 7.14. The van der Waals surface area contributed by atoms with E-state index in [1.807, 2.05) is 24.3 Å². The standard InChI is InChI=1S/2C17H24P.2C5H5.2ClH.2Zr/c2*1-16(2,3)18(17(4,5)6)15-11-13-9-7-8-10-14(13)12-15;2*1-2-4-5-3-1;;;;/h2*7-12H,1-6H3;2*1-3H,4H2;2*1H;;/q4*-1;;;2*+2/p-2. The Labute approximate surface area is 359 Å². The maximum atomic E-state index is 2.99. The maximum Gasteiger partial charge on any atom is 2.00 e.